The van der Waals surface area contributed by atoms with Gasteiger partial charge < -0.3 is 14.4 Å². The molecule has 71 heavy (non-hydrogen) atoms. The normalized spacial score (nSPS) is 11.4. The van der Waals surface area contributed by atoms with Gasteiger partial charge in [0.05, 0.1) is 11.0 Å². The third-order valence-electron chi connectivity index (χ3n) is 13.9. The number of benzene rings is 12. The Morgan fingerprint density at radius 3 is 0.775 bits per heavy atom. The zero-order valence-corrected chi connectivity index (χ0v) is 39.0. The van der Waals surface area contributed by atoms with Gasteiger partial charge in [0.15, 0.2) is 0 Å². The van der Waals surface area contributed by atoms with Gasteiger partial charge in [-0.2, -0.15) is 0 Å². The summed E-state index contributed by atoms with van der Waals surface area (Å²) in [6, 6.07) is 103. The summed E-state index contributed by atoms with van der Waals surface area (Å²) < 4.78 is 2.46. The minimum Gasteiger partial charge on any atom is -0.311 e. The van der Waals surface area contributed by atoms with E-state index >= 15 is 0 Å². The summed E-state index contributed by atoms with van der Waals surface area (Å²) in [5, 5.41) is 5.07. The zero-order valence-electron chi connectivity index (χ0n) is 39.0. The third-order valence-corrected chi connectivity index (χ3v) is 13.9. The lowest BCUT2D eigenvalue weighted by atomic mass is 9.94. The molecule has 0 atom stereocenters. The molecule has 334 valence electrons. The van der Waals surface area contributed by atoms with Crippen LogP contribution in [0.3, 0.4) is 0 Å². The molecule has 3 nitrogen and oxygen atoms in total. The van der Waals surface area contributed by atoms with E-state index in [9.17, 15) is 0 Å². The molecule has 1 heterocycles. The minimum atomic E-state index is 1.12. The molecule has 0 saturated carbocycles. The number of hydrogen-bond donors (Lipinski definition) is 0. The Hall–Kier alpha value is -9.44. The average molecular weight is 906 g/mol. The van der Waals surface area contributed by atoms with Crippen molar-refractivity contribution >= 4 is 66.7 Å². The van der Waals surface area contributed by atoms with Crippen molar-refractivity contribution in [2.24, 2.45) is 0 Å². The van der Waals surface area contributed by atoms with Crippen LogP contribution >= 0.6 is 0 Å². The van der Waals surface area contributed by atoms with Gasteiger partial charge in [-0.05, 0) is 164 Å². The second-order valence-corrected chi connectivity index (χ2v) is 18.2. The maximum absolute atomic E-state index is 2.46. The first-order chi connectivity index (χ1) is 35.2. The van der Waals surface area contributed by atoms with E-state index in [0.29, 0.717) is 0 Å². The Balaban J connectivity index is 0.822. The van der Waals surface area contributed by atoms with Crippen LogP contribution < -0.4 is 9.80 Å². The molecule has 12 aromatic carbocycles. The van der Waals surface area contributed by atoms with Gasteiger partial charge in [0.2, 0.25) is 0 Å². The van der Waals surface area contributed by atoms with Gasteiger partial charge in [-0.25, -0.2) is 0 Å². The number of nitrogens with zero attached hydrogens (tertiary/aromatic N) is 3. The summed E-state index contributed by atoms with van der Waals surface area (Å²) in [6.45, 7) is 0. The monoisotopic (exact) mass is 905 g/mol. The van der Waals surface area contributed by atoms with Crippen molar-refractivity contribution in [3.63, 3.8) is 0 Å². The highest BCUT2D eigenvalue weighted by Crippen LogP contribution is 2.44. The Morgan fingerprint density at radius 1 is 0.211 bits per heavy atom. The van der Waals surface area contributed by atoms with E-state index in [-0.39, 0.29) is 0 Å². The molecule has 0 N–H and O–H groups in total. The summed E-state index contributed by atoms with van der Waals surface area (Å²) in [4.78, 5) is 4.60. The van der Waals surface area contributed by atoms with E-state index < -0.39 is 0 Å². The molecular formula is C68H47N3. The highest BCUT2D eigenvalue weighted by atomic mass is 15.1. The number of hydrogen-bond acceptors (Lipinski definition) is 2. The zero-order chi connectivity index (χ0) is 47.1. The van der Waals surface area contributed by atoms with Gasteiger partial charge >= 0.3 is 0 Å². The Kier molecular flexibility index (Phi) is 10.5. The van der Waals surface area contributed by atoms with Crippen molar-refractivity contribution in [2.45, 2.75) is 0 Å². The number of aromatic nitrogens is 1. The van der Waals surface area contributed by atoms with E-state index in [2.05, 4.69) is 299 Å². The van der Waals surface area contributed by atoms with E-state index in [4.69, 9.17) is 0 Å². The average Bonchev–Trinajstić information content (AvgIpc) is 3.79. The fraction of sp³-hybridized carbons (Fsp3) is 0. The highest BCUT2D eigenvalue weighted by molar-refractivity contribution is 6.25. The molecule has 13 rings (SSSR count). The van der Waals surface area contributed by atoms with Crippen LogP contribution in [0.15, 0.2) is 285 Å². The van der Waals surface area contributed by atoms with Crippen molar-refractivity contribution in [3.05, 3.63) is 285 Å². The molecule has 0 radical (unpaired) electrons. The molecule has 13 aromatic rings. The fourth-order valence-electron chi connectivity index (χ4n) is 10.5. The van der Waals surface area contributed by atoms with E-state index in [1.54, 1.807) is 0 Å². The lowest BCUT2D eigenvalue weighted by molar-refractivity contribution is 1.18. The van der Waals surface area contributed by atoms with Crippen LogP contribution in [-0.4, -0.2) is 4.57 Å². The lowest BCUT2D eigenvalue weighted by Gasteiger charge is -2.25. The predicted molar refractivity (Wildman–Crippen MR) is 301 cm³/mol. The van der Waals surface area contributed by atoms with Crippen LogP contribution in [-0.2, 0) is 0 Å². The third kappa shape index (κ3) is 7.76. The van der Waals surface area contributed by atoms with E-state index in [1.807, 2.05) is 0 Å². The van der Waals surface area contributed by atoms with E-state index in [1.165, 1.54) is 77.1 Å². The van der Waals surface area contributed by atoms with Crippen LogP contribution in [0.4, 0.5) is 34.1 Å². The van der Waals surface area contributed by atoms with Crippen LogP contribution in [0.5, 0.6) is 0 Å². The first-order valence-electron chi connectivity index (χ1n) is 24.3. The topological polar surface area (TPSA) is 11.4 Å². The largest absolute Gasteiger partial charge is 0.311 e. The molecule has 0 aliphatic rings. The molecule has 0 aliphatic carbocycles. The van der Waals surface area contributed by atoms with Crippen molar-refractivity contribution in [1.29, 1.82) is 0 Å². The summed E-state index contributed by atoms with van der Waals surface area (Å²) in [5.41, 5.74) is 19.8. The summed E-state index contributed by atoms with van der Waals surface area (Å²) in [7, 11) is 0. The van der Waals surface area contributed by atoms with Crippen LogP contribution in [0.1, 0.15) is 0 Å². The van der Waals surface area contributed by atoms with Gasteiger partial charge in [-0.1, -0.05) is 176 Å². The van der Waals surface area contributed by atoms with Crippen molar-refractivity contribution in [1.82, 2.24) is 4.57 Å². The Morgan fingerprint density at radius 2 is 0.465 bits per heavy atom. The second kappa shape index (κ2) is 17.9. The fourth-order valence-corrected chi connectivity index (χ4v) is 10.5. The van der Waals surface area contributed by atoms with Crippen molar-refractivity contribution in [3.8, 4) is 50.2 Å². The van der Waals surface area contributed by atoms with Crippen LogP contribution in [0.25, 0.3) is 82.8 Å². The minimum absolute atomic E-state index is 1.12. The quantitative estimate of drug-likeness (QED) is 0.120. The summed E-state index contributed by atoms with van der Waals surface area (Å²) in [5.74, 6) is 0. The number of para-hydroxylation sites is 5. The molecule has 0 bridgehead atoms. The molecular weight excluding hydrogens is 859 g/mol. The molecule has 0 fully saturated rings. The summed E-state index contributed by atoms with van der Waals surface area (Å²) >= 11 is 0. The van der Waals surface area contributed by atoms with Crippen LogP contribution in [0, 0.1) is 0 Å². The first kappa shape index (κ1) is 41.7. The Bertz CT molecular complexity index is 3590. The predicted octanol–water partition coefficient (Wildman–Crippen LogP) is 19.0. The second-order valence-electron chi connectivity index (χ2n) is 18.2. The molecule has 0 spiro atoms. The highest BCUT2D eigenvalue weighted by Gasteiger charge is 2.20. The van der Waals surface area contributed by atoms with Gasteiger partial charge in [-0.15, -0.1) is 0 Å². The van der Waals surface area contributed by atoms with Crippen molar-refractivity contribution < 1.29 is 0 Å². The van der Waals surface area contributed by atoms with E-state index in [0.717, 1.165) is 39.8 Å². The SMILES string of the molecule is c1ccc(N(c2ccccc2)c2ccc(-c3ccc(-c4cc5ccc6cc(-c7ccc(-c8ccc(N(c9ccccc9)c9ccccc9)cc8)cc7)cc7c6c5c(c4)n7-c4ccccc4)cc3)cc2)cc1. The van der Waals surface area contributed by atoms with Gasteiger partial charge in [0.25, 0.3) is 0 Å². The summed E-state index contributed by atoms with van der Waals surface area (Å²) in [6.07, 6.45) is 0. The van der Waals surface area contributed by atoms with Gasteiger partial charge in [0.1, 0.15) is 0 Å². The van der Waals surface area contributed by atoms with Gasteiger partial charge in [-0.3, -0.25) is 0 Å². The molecule has 0 saturated heterocycles. The standard InChI is InChI=1S/C68H47N3/c1-6-16-58(17-7-1)69(59-18-8-2-9-19-59)63-40-36-50(37-41-63)48-26-30-52(31-27-48)56-44-54-34-35-55-45-57(47-66-68(55)67(54)65(46-56)71(66)62-24-14-5-15-25-62)53-32-28-49(29-33-53)51-38-42-64(43-39-51)70(60-20-10-3-11-21-60)61-22-12-4-13-23-61/h1-47H. The smallest absolute Gasteiger partial charge is 0.0553 e. The molecule has 0 amide bonds. The molecule has 0 aliphatic heterocycles. The molecule has 0 unspecified atom stereocenters. The maximum atomic E-state index is 2.46. The van der Waals surface area contributed by atoms with Crippen molar-refractivity contribution in [2.75, 3.05) is 9.80 Å². The number of rotatable bonds is 11. The first-order valence-corrected chi connectivity index (χ1v) is 24.3. The molecule has 3 heteroatoms. The number of anilines is 6. The van der Waals surface area contributed by atoms with Gasteiger partial charge in [0, 0.05) is 50.6 Å². The molecule has 1 aromatic heterocycles. The lowest BCUT2D eigenvalue weighted by Crippen LogP contribution is -2.09. The Labute approximate surface area is 414 Å². The van der Waals surface area contributed by atoms with Crippen LogP contribution in [0.2, 0.25) is 0 Å². The maximum Gasteiger partial charge on any atom is 0.0553 e.